The molecule has 3 N–H and O–H groups in total. The number of amides is 3. The molecule has 27 heavy (non-hydrogen) atoms. The fourth-order valence-electron chi connectivity index (χ4n) is 2.73. The minimum Gasteiger partial charge on any atom is -0.355 e. The van der Waals surface area contributed by atoms with Crippen LogP contribution in [0.3, 0.4) is 0 Å². The van der Waals surface area contributed by atoms with Gasteiger partial charge in [-0.05, 0) is 62.5 Å². The van der Waals surface area contributed by atoms with Crippen LogP contribution in [0.5, 0.6) is 0 Å². The van der Waals surface area contributed by atoms with Gasteiger partial charge in [-0.1, -0.05) is 12.1 Å². The SMILES string of the molecule is CNC(=O)c1ccc(NC(=O)NCC(c2ccc(F)cc2)N(C)C)c(C)c1. The third-order valence-corrected chi connectivity index (χ3v) is 4.30. The second-order valence-electron chi connectivity index (χ2n) is 6.47. The number of nitrogens with one attached hydrogen (secondary N) is 3. The van der Waals surface area contributed by atoms with Gasteiger partial charge >= 0.3 is 6.03 Å². The Kier molecular flexibility index (Phi) is 6.90. The van der Waals surface area contributed by atoms with Crippen molar-refractivity contribution in [1.82, 2.24) is 15.5 Å². The van der Waals surface area contributed by atoms with E-state index in [1.54, 1.807) is 37.4 Å². The van der Waals surface area contributed by atoms with Gasteiger partial charge in [-0.15, -0.1) is 0 Å². The van der Waals surface area contributed by atoms with E-state index in [0.29, 0.717) is 17.8 Å². The van der Waals surface area contributed by atoms with E-state index in [1.165, 1.54) is 12.1 Å². The largest absolute Gasteiger partial charge is 0.355 e. The lowest BCUT2D eigenvalue weighted by Crippen LogP contribution is -2.37. The quantitative estimate of drug-likeness (QED) is 0.730. The van der Waals surface area contributed by atoms with Crippen LogP contribution >= 0.6 is 0 Å². The fourth-order valence-corrected chi connectivity index (χ4v) is 2.73. The lowest BCUT2D eigenvalue weighted by Gasteiger charge is -2.25. The van der Waals surface area contributed by atoms with Crippen LogP contribution < -0.4 is 16.0 Å². The number of hydrogen-bond donors (Lipinski definition) is 3. The molecular formula is C20H25FN4O2. The monoisotopic (exact) mass is 372 g/mol. The molecule has 0 heterocycles. The van der Waals surface area contributed by atoms with Gasteiger partial charge in [0.25, 0.3) is 5.91 Å². The molecule has 1 atom stereocenters. The third-order valence-electron chi connectivity index (χ3n) is 4.30. The van der Waals surface area contributed by atoms with Crippen molar-refractivity contribution < 1.29 is 14.0 Å². The molecule has 1 unspecified atom stereocenters. The van der Waals surface area contributed by atoms with Crippen molar-refractivity contribution in [3.63, 3.8) is 0 Å². The minimum absolute atomic E-state index is 0.0897. The number of urea groups is 1. The normalized spacial score (nSPS) is 11.8. The van der Waals surface area contributed by atoms with Crippen molar-refractivity contribution in [1.29, 1.82) is 0 Å². The number of halogens is 1. The molecule has 0 fully saturated rings. The molecule has 6 nitrogen and oxygen atoms in total. The average Bonchev–Trinajstić information content (AvgIpc) is 2.64. The molecule has 0 aliphatic heterocycles. The first-order valence-electron chi connectivity index (χ1n) is 8.61. The van der Waals surface area contributed by atoms with Gasteiger partial charge < -0.3 is 20.9 Å². The van der Waals surface area contributed by atoms with Crippen molar-refractivity contribution in [3.05, 3.63) is 65.0 Å². The maximum absolute atomic E-state index is 13.1. The van der Waals surface area contributed by atoms with E-state index < -0.39 is 0 Å². The Morgan fingerprint density at radius 2 is 1.78 bits per heavy atom. The van der Waals surface area contributed by atoms with Crippen molar-refractivity contribution in [2.75, 3.05) is 33.0 Å². The summed E-state index contributed by atoms with van der Waals surface area (Å²) < 4.78 is 13.1. The number of likely N-dealkylation sites (N-methyl/N-ethyl adjacent to an activating group) is 1. The second kappa shape index (κ2) is 9.14. The zero-order chi connectivity index (χ0) is 20.0. The first-order chi connectivity index (χ1) is 12.8. The summed E-state index contributed by atoms with van der Waals surface area (Å²) >= 11 is 0. The lowest BCUT2D eigenvalue weighted by molar-refractivity contribution is 0.0963. The maximum atomic E-state index is 13.1. The Morgan fingerprint density at radius 3 is 2.33 bits per heavy atom. The summed E-state index contributed by atoms with van der Waals surface area (Å²) in [5.41, 5.74) is 2.86. The van der Waals surface area contributed by atoms with Crippen molar-refractivity contribution in [2.24, 2.45) is 0 Å². The molecule has 3 amide bonds. The van der Waals surface area contributed by atoms with Crippen LogP contribution in [0.2, 0.25) is 0 Å². The van der Waals surface area contributed by atoms with Gasteiger partial charge in [0.2, 0.25) is 0 Å². The van der Waals surface area contributed by atoms with E-state index in [1.807, 2.05) is 25.9 Å². The summed E-state index contributed by atoms with van der Waals surface area (Å²) in [6.07, 6.45) is 0. The van der Waals surface area contributed by atoms with Gasteiger partial charge in [0.15, 0.2) is 0 Å². The zero-order valence-electron chi connectivity index (χ0n) is 16.0. The lowest BCUT2D eigenvalue weighted by atomic mass is 10.1. The van der Waals surface area contributed by atoms with Crippen LogP contribution in [0, 0.1) is 12.7 Å². The highest BCUT2D eigenvalue weighted by Gasteiger charge is 2.16. The molecule has 144 valence electrons. The van der Waals surface area contributed by atoms with Gasteiger partial charge in [0.1, 0.15) is 5.82 Å². The number of hydrogen-bond acceptors (Lipinski definition) is 3. The number of benzene rings is 2. The highest BCUT2D eigenvalue weighted by atomic mass is 19.1. The molecule has 2 aromatic carbocycles. The van der Waals surface area contributed by atoms with Gasteiger partial charge in [0, 0.05) is 24.8 Å². The molecule has 0 radical (unpaired) electrons. The predicted octanol–water partition coefficient (Wildman–Crippen LogP) is 2.92. The summed E-state index contributed by atoms with van der Waals surface area (Å²) in [5, 5.41) is 8.19. The molecule has 2 aromatic rings. The molecule has 0 spiro atoms. The van der Waals surface area contributed by atoms with Gasteiger partial charge in [-0.2, -0.15) is 0 Å². The van der Waals surface area contributed by atoms with Crippen LogP contribution in [-0.2, 0) is 0 Å². The van der Waals surface area contributed by atoms with Crippen LogP contribution in [0.4, 0.5) is 14.9 Å². The summed E-state index contributed by atoms with van der Waals surface area (Å²) in [6.45, 7) is 2.18. The van der Waals surface area contributed by atoms with Crippen molar-refractivity contribution >= 4 is 17.6 Å². The molecule has 0 bridgehead atoms. The molecular weight excluding hydrogens is 347 g/mol. The van der Waals surface area contributed by atoms with Gasteiger partial charge in [-0.25, -0.2) is 9.18 Å². The summed E-state index contributed by atoms with van der Waals surface area (Å²) in [6, 6.07) is 10.9. The number of rotatable bonds is 6. The molecule has 2 rings (SSSR count). The van der Waals surface area contributed by atoms with Crippen LogP contribution in [-0.4, -0.2) is 44.5 Å². The van der Waals surface area contributed by atoms with Crippen LogP contribution in [0.25, 0.3) is 0 Å². The van der Waals surface area contributed by atoms with Crippen molar-refractivity contribution in [3.8, 4) is 0 Å². The first-order valence-corrected chi connectivity index (χ1v) is 8.61. The summed E-state index contributed by atoms with van der Waals surface area (Å²) in [5.74, 6) is -0.472. The average molecular weight is 372 g/mol. The second-order valence-corrected chi connectivity index (χ2v) is 6.47. The third kappa shape index (κ3) is 5.52. The summed E-state index contributed by atoms with van der Waals surface area (Å²) in [7, 11) is 5.37. The molecule has 0 aliphatic carbocycles. The molecule has 0 saturated heterocycles. The Labute approximate surface area is 158 Å². The Hall–Kier alpha value is -2.93. The number of carbonyl (C=O) groups excluding carboxylic acids is 2. The predicted molar refractivity (Wildman–Crippen MR) is 104 cm³/mol. The van der Waals surface area contributed by atoms with E-state index in [-0.39, 0.29) is 23.8 Å². The van der Waals surface area contributed by atoms with Crippen molar-refractivity contribution in [2.45, 2.75) is 13.0 Å². The molecule has 0 aliphatic rings. The fraction of sp³-hybridized carbons (Fsp3) is 0.300. The Morgan fingerprint density at radius 1 is 1.11 bits per heavy atom. The first kappa shape index (κ1) is 20.4. The molecule has 7 heteroatoms. The molecule has 0 aromatic heterocycles. The highest BCUT2D eigenvalue weighted by molar-refractivity contribution is 5.96. The van der Waals surface area contributed by atoms with E-state index in [2.05, 4.69) is 16.0 Å². The Bertz CT molecular complexity index is 806. The standard InChI is InChI=1S/C20H25FN4O2/c1-13-11-15(19(26)22-2)7-10-17(13)24-20(27)23-12-18(25(3)4)14-5-8-16(21)9-6-14/h5-11,18H,12H2,1-4H3,(H,22,26)(H2,23,24,27). The highest BCUT2D eigenvalue weighted by Crippen LogP contribution is 2.19. The number of carbonyl (C=O) groups is 2. The number of nitrogens with zero attached hydrogens (tertiary/aromatic N) is 1. The van der Waals surface area contributed by atoms with Crippen LogP contribution in [0.1, 0.15) is 27.5 Å². The number of aryl methyl sites for hydroxylation is 1. The smallest absolute Gasteiger partial charge is 0.319 e. The van der Waals surface area contributed by atoms with E-state index in [0.717, 1.165) is 11.1 Å². The topological polar surface area (TPSA) is 73.5 Å². The number of anilines is 1. The van der Waals surface area contributed by atoms with E-state index in [9.17, 15) is 14.0 Å². The van der Waals surface area contributed by atoms with Crippen LogP contribution in [0.15, 0.2) is 42.5 Å². The van der Waals surface area contributed by atoms with E-state index in [4.69, 9.17) is 0 Å². The minimum atomic E-state index is -0.347. The molecule has 0 saturated carbocycles. The van der Waals surface area contributed by atoms with E-state index >= 15 is 0 Å². The van der Waals surface area contributed by atoms with Gasteiger partial charge in [-0.3, -0.25) is 4.79 Å². The zero-order valence-corrected chi connectivity index (χ0v) is 16.0. The Balaban J connectivity index is 2.00. The maximum Gasteiger partial charge on any atom is 0.319 e. The summed E-state index contributed by atoms with van der Waals surface area (Å²) in [4.78, 5) is 25.9. The van der Waals surface area contributed by atoms with Gasteiger partial charge in [0.05, 0.1) is 6.04 Å².